The number of carbonyl (C=O) groups excluding carboxylic acids is 1. The van der Waals surface area contributed by atoms with E-state index >= 15 is 0 Å². The van der Waals surface area contributed by atoms with Gasteiger partial charge in [0.05, 0.1) is 0 Å². The number of hydrogen-bond acceptors (Lipinski definition) is 4. The second-order valence-corrected chi connectivity index (χ2v) is 6.89. The number of hydrogen-bond donors (Lipinski definition) is 0. The van der Waals surface area contributed by atoms with Crippen LogP contribution in [0.4, 0.5) is 4.39 Å². The molecule has 0 spiro atoms. The molecule has 0 bridgehead atoms. The zero-order valence-corrected chi connectivity index (χ0v) is 16.4. The predicted octanol–water partition coefficient (Wildman–Crippen LogP) is 4.67. The van der Waals surface area contributed by atoms with E-state index in [1.54, 1.807) is 17.0 Å². The Morgan fingerprint density at radius 1 is 1.21 bits per heavy atom. The van der Waals surface area contributed by atoms with Crippen molar-refractivity contribution in [1.82, 2.24) is 15.0 Å². The van der Waals surface area contributed by atoms with Crippen molar-refractivity contribution in [3.8, 4) is 11.4 Å². The summed E-state index contributed by atoms with van der Waals surface area (Å²) in [4.78, 5) is 19.0. The van der Waals surface area contributed by atoms with Crippen LogP contribution in [0.5, 0.6) is 0 Å². The van der Waals surface area contributed by atoms with Crippen LogP contribution < -0.4 is 0 Å². The van der Waals surface area contributed by atoms with Crippen LogP contribution in [0, 0.1) is 12.7 Å². The van der Waals surface area contributed by atoms with Crippen LogP contribution in [0.25, 0.3) is 11.4 Å². The Kier molecular flexibility index (Phi) is 6.19. The molecule has 0 fully saturated rings. The van der Waals surface area contributed by atoms with Gasteiger partial charge >= 0.3 is 0 Å². The number of carbonyl (C=O) groups is 1. The van der Waals surface area contributed by atoms with Gasteiger partial charge < -0.3 is 9.42 Å². The Bertz CT molecular complexity index is 937. The molecule has 5 nitrogen and oxygen atoms in total. The van der Waals surface area contributed by atoms with Gasteiger partial charge in [-0.15, -0.1) is 0 Å². The quantitative estimate of drug-likeness (QED) is 0.597. The molecule has 1 atom stereocenters. The highest BCUT2D eigenvalue weighted by Gasteiger charge is 2.22. The number of nitrogens with zero attached hydrogens (tertiary/aromatic N) is 3. The summed E-state index contributed by atoms with van der Waals surface area (Å²) in [6, 6.07) is 13.7. The molecule has 3 rings (SSSR count). The molecule has 6 heteroatoms. The smallest absolute Gasteiger partial charge is 0.254 e. The maximum Gasteiger partial charge on any atom is 0.254 e. The van der Waals surface area contributed by atoms with Crippen LogP contribution in [0.15, 0.2) is 53.1 Å². The molecule has 0 aliphatic carbocycles. The summed E-state index contributed by atoms with van der Waals surface area (Å²) in [6.07, 6.45) is 1.23. The van der Waals surface area contributed by atoms with Gasteiger partial charge in [0.2, 0.25) is 11.7 Å². The summed E-state index contributed by atoms with van der Waals surface area (Å²) >= 11 is 0. The molecule has 0 aliphatic rings. The molecule has 2 aromatic carbocycles. The van der Waals surface area contributed by atoms with E-state index in [9.17, 15) is 9.18 Å². The van der Waals surface area contributed by atoms with Crippen molar-refractivity contribution in [3.63, 3.8) is 0 Å². The summed E-state index contributed by atoms with van der Waals surface area (Å²) in [7, 11) is 0. The number of amides is 1. The van der Waals surface area contributed by atoms with E-state index < -0.39 is 5.82 Å². The molecular formula is C22H24FN3O2. The minimum Gasteiger partial charge on any atom is -0.339 e. The second-order valence-electron chi connectivity index (χ2n) is 6.89. The molecule has 1 heterocycles. The summed E-state index contributed by atoms with van der Waals surface area (Å²) in [5.41, 5.74) is 2.38. The SMILES string of the molecule is CC[C@H](C)N(CCc1nc(-c2ccc(C)cc2)no1)C(=O)c1cccc(F)c1. The highest BCUT2D eigenvalue weighted by atomic mass is 19.1. The van der Waals surface area contributed by atoms with Crippen molar-refractivity contribution in [1.29, 1.82) is 0 Å². The van der Waals surface area contributed by atoms with E-state index in [1.165, 1.54) is 12.1 Å². The maximum atomic E-state index is 13.5. The fourth-order valence-corrected chi connectivity index (χ4v) is 2.92. The average molecular weight is 381 g/mol. The molecule has 3 aromatic rings. The highest BCUT2D eigenvalue weighted by molar-refractivity contribution is 5.94. The number of halogens is 1. The predicted molar refractivity (Wildman–Crippen MR) is 105 cm³/mol. The Hall–Kier alpha value is -3.02. The van der Waals surface area contributed by atoms with Crippen molar-refractivity contribution in [3.05, 3.63) is 71.4 Å². The molecule has 0 radical (unpaired) electrons. The van der Waals surface area contributed by atoms with E-state index in [4.69, 9.17) is 4.52 Å². The van der Waals surface area contributed by atoms with Gasteiger partial charge in [-0.25, -0.2) is 4.39 Å². The normalized spacial score (nSPS) is 12.0. The number of rotatable bonds is 7. The molecular weight excluding hydrogens is 357 g/mol. The third-order valence-corrected chi connectivity index (χ3v) is 4.80. The fraction of sp³-hybridized carbons (Fsp3) is 0.318. The summed E-state index contributed by atoms with van der Waals surface area (Å²) in [5.74, 6) is 0.374. The first-order valence-corrected chi connectivity index (χ1v) is 9.44. The first-order chi connectivity index (χ1) is 13.5. The Morgan fingerprint density at radius 3 is 2.64 bits per heavy atom. The Labute approximate surface area is 164 Å². The van der Waals surface area contributed by atoms with Gasteiger partial charge in [-0.1, -0.05) is 48.0 Å². The van der Waals surface area contributed by atoms with E-state index in [0.29, 0.717) is 30.2 Å². The van der Waals surface area contributed by atoms with Gasteiger partial charge in [0.1, 0.15) is 5.82 Å². The topological polar surface area (TPSA) is 59.2 Å². The Balaban J connectivity index is 1.72. The molecule has 1 amide bonds. The lowest BCUT2D eigenvalue weighted by Crippen LogP contribution is -2.39. The van der Waals surface area contributed by atoms with Crippen molar-refractivity contribution in [2.24, 2.45) is 0 Å². The van der Waals surface area contributed by atoms with Gasteiger partial charge in [0.15, 0.2) is 0 Å². The molecule has 1 aromatic heterocycles. The molecule has 0 aliphatic heterocycles. The zero-order chi connectivity index (χ0) is 20.1. The number of aryl methyl sites for hydroxylation is 1. The summed E-state index contributed by atoms with van der Waals surface area (Å²) in [6.45, 7) is 6.42. The van der Waals surface area contributed by atoms with Crippen molar-refractivity contribution in [2.75, 3.05) is 6.54 Å². The lowest BCUT2D eigenvalue weighted by atomic mass is 10.1. The minimum atomic E-state index is -0.422. The Morgan fingerprint density at radius 2 is 1.96 bits per heavy atom. The molecule has 0 saturated heterocycles. The maximum absolute atomic E-state index is 13.5. The van der Waals surface area contributed by atoms with Gasteiger partial charge in [-0.2, -0.15) is 4.98 Å². The van der Waals surface area contributed by atoms with Crippen LogP contribution in [0.2, 0.25) is 0 Å². The van der Waals surface area contributed by atoms with E-state index in [2.05, 4.69) is 10.1 Å². The van der Waals surface area contributed by atoms with Crippen molar-refractivity contribution in [2.45, 2.75) is 39.7 Å². The number of benzene rings is 2. The molecule has 28 heavy (non-hydrogen) atoms. The highest BCUT2D eigenvalue weighted by Crippen LogP contribution is 2.18. The van der Waals surface area contributed by atoms with Gasteiger partial charge in [0.25, 0.3) is 5.91 Å². The molecule has 0 saturated carbocycles. The van der Waals surface area contributed by atoms with Crippen LogP contribution in [0.3, 0.4) is 0 Å². The number of aromatic nitrogens is 2. The van der Waals surface area contributed by atoms with E-state index in [1.807, 2.05) is 45.0 Å². The molecule has 0 unspecified atom stereocenters. The first kappa shape index (κ1) is 19.7. The van der Waals surface area contributed by atoms with Gasteiger partial charge in [-0.3, -0.25) is 4.79 Å². The van der Waals surface area contributed by atoms with Crippen LogP contribution in [-0.2, 0) is 6.42 Å². The summed E-state index contributed by atoms with van der Waals surface area (Å²) in [5, 5.41) is 4.03. The standard InChI is InChI=1S/C22H24FN3O2/c1-4-16(3)26(22(27)18-6-5-7-19(23)14-18)13-12-20-24-21(25-28-20)17-10-8-15(2)9-11-17/h5-11,14,16H,4,12-13H2,1-3H3/t16-/m0/s1. The van der Waals surface area contributed by atoms with Crippen LogP contribution >= 0.6 is 0 Å². The fourth-order valence-electron chi connectivity index (χ4n) is 2.92. The molecule has 146 valence electrons. The monoisotopic (exact) mass is 381 g/mol. The zero-order valence-electron chi connectivity index (χ0n) is 16.4. The second kappa shape index (κ2) is 8.78. The van der Waals surface area contributed by atoms with Crippen molar-refractivity contribution >= 4 is 5.91 Å². The lowest BCUT2D eigenvalue weighted by molar-refractivity contribution is 0.0686. The van der Waals surface area contributed by atoms with Crippen molar-refractivity contribution < 1.29 is 13.7 Å². The molecule has 0 N–H and O–H groups in total. The van der Waals surface area contributed by atoms with Crippen LogP contribution in [0.1, 0.15) is 42.1 Å². The van der Waals surface area contributed by atoms with Crippen LogP contribution in [-0.4, -0.2) is 33.5 Å². The largest absolute Gasteiger partial charge is 0.339 e. The lowest BCUT2D eigenvalue weighted by Gasteiger charge is -2.28. The third-order valence-electron chi connectivity index (χ3n) is 4.80. The van der Waals surface area contributed by atoms with E-state index in [-0.39, 0.29) is 11.9 Å². The third kappa shape index (κ3) is 4.63. The van der Waals surface area contributed by atoms with Gasteiger partial charge in [-0.05, 0) is 38.5 Å². The minimum absolute atomic E-state index is 0.00950. The van der Waals surface area contributed by atoms with Gasteiger partial charge in [0, 0.05) is 30.1 Å². The first-order valence-electron chi connectivity index (χ1n) is 9.44. The summed E-state index contributed by atoms with van der Waals surface area (Å²) < 4.78 is 18.9. The van der Waals surface area contributed by atoms with E-state index in [0.717, 1.165) is 17.5 Å². The average Bonchev–Trinajstić information content (AvgIpc) is 3.17.